The van der Waals surface area contributed by atoms with E-state index in [1.54, 1.807) is 7.11 Å². The first-order valence-electron chi connectivity index (χ1n) is 6.94. The van der Waals surface area contributed by atoms with Gasteiger partial charge in [0.1, 0.15) is 6.61 Å². The van der Waals surface area contributed by atoms with Gasteiger partial charge in [-0.25, -0.2) is 0 Å². The molecule has 0 aliphatic carbocycles. The summed E-state index contributed by atoms with van der Waals surface area (Å²) in [6.07, 6.45) is -0.0832. The Hall–Kier alpha value is -1.98. The van der Waals surface area contributed by atoms with E-state index in [1.165, 1.54) is 0 Å². The third-order valence-electron chi connectivity index (χ3n) is 3.32. The van der Waals surface area contributed by atoms with Gasteiger partial charge in [-0.05, 0) is 17.6 Å². The van der Waals surface area contributed by atoms with Crippen LogP contribution in [-0.2, 0) is 9.31 Å². The second kappa shape index (κ2) is 6.65. The Labute approximate surface area is 124 Å². The van der Waals surface area contributed by atoms with E-state index in [4.69, 9.17) is 18.8 Å². The van der Waals surface area contributed by atoms with Crippen LogP contribution in [0.15, 0.2) is 54.6 Å². The largest absolute Gasteiger partial charge is 0.494 e. The summed E-state index contributed by atoms with van der Waals surface area (Å²) in [5, 5.41) is 0. The van der Waals surface area contributed by atoms with Gasteiger partial charge in [0.15, 0.2) is 11.5 Å². The first-order chi connectivity index (χ1) is 10.4. The molecule has 0 bridgehead atoms. The highest BCUT2D eigenvalue weighted by Gasteiger charge is 2.33. The Balaban J connectivity index is 1.56. The minimum absolute atomic E-state index is 0.0832. The molecule has 5 heteroatoms. The lowest BCUT2D eigenvalue weighted by Gasteiger charge is -2.13. The lowest BCUT2D eigenvalue weighted by atomic mass is 9.79. The summed E-state index contributed by atoms with van der Waals surface area (Å²) in [6.45, 7) is 0.957. The third kappa shape index (κ3) is 3.38. The first-order valence-corrected chi connectivity index (χ1v) is 6.94. The Morgan fingerprint density at radius 1 is 1.05 bits per heavy atom. The van der Waals surface area contributed by atoms with E-state index in [1.807, 2.05) is 54.6 Å². The van der Waals surface area contributed by atoms with Gasteiger partial charge in [-0.1, -0.05) is 42.5 Å². The van der Waals surface area contributed by atoms with Gasteiger partial charge in [-0.3, -0.25) is 0 Å². The first kappa shape index (κ1) is 14.0. The summed E-state index contributed by atoms with van der Waals surface area (Å²) in [4.78, 5) is 0. The van der Waals surface area contributed by atoms with E-state index < -0.39 is 0 Å². The molecule has 2 aromatic carbocycles. The van der Waals surface area contributed by atoms with Gasteiger partial charge in [-0.15, -0.1) is 0 Å². The number of benzene rings is 2. The highest BCUT2D eigenvalue weighted by atomic mass is 16.7. The molecule has 4 nitrogen and oxygen atoms in total. The van der Waals surface area contributed by atoms with Crippen molar-refractivity contribution < 1.29 is 18.8 Å². The number of ether oxygens (including phenoxy) is 2. The molecule has 0 radical (unpaired) electrons. The average molecular weight is 284 g/mol. The van der Waals surface area contributed by atoms with E-state index in [0.29, 0.717) is 19.0 Å². The minimum Gasteiger partial charge on any atom is -0.493 e. The van der Waals surface area contributed by atoms with Crippen LogP contribution >= 0.6 is 0 Å². The second-order valence-corrected chi connectivity index (χ2v) is 4.80. The lowest BCUT2D eigenvalue weighted by Crippen LogP contribution is -2.33. The molecule has 3 rings (SSSR count). The number of hydrogen-bond acceptors (Lipinski definition) is 4. The summed E-state index contributed by atoms with van der Waals surface area (Å²) >= 11 is 0. The predicted molar refractivity (Wildman–Crippen MR) is 81.1 cm³/mol. The van der Waals surface area contributed by atoms with Gasteiger partial charge in [0.05, 0.1) is 19.8 Å². The topological polar surface area (TPSA) is 36.9 Å². The number of hydrogen-bond donors (Lipinski definition) is 0. The van der Waals surface area contributed by atoms with Gasteiger partial charge in [0.2, 0.25) is 0 Å². The van der Waals surface area contributed by atoms with Crippen molar-refractivity contribution in [3.63, 3.8) is 0 Å². The number of para-hydroxylation sites is 2. The van der Waals surface area contributed by atoms with Gasteiger partial charge in [0.25, 0.3) is 0 Å². The van der Waals surface area contributed by atoms with Crippen LogP contribution < -0.4 is 14.9 Å². The fourth-order valence-corrected chi connectivity index (χ4v) is 2.24. The normalized spacial score (nSPS) is 17.8. The van der Waals surface area contributed by atoms with Crippen molar-refractivity contribution in [1.29, 1.82) is 0 Å². The molecule has 1 fully saturated rings. The van der Waals surface area contributed by atoms with Crippen molar-refractivity contribution in [2.24, 2.45) is 0 Å². The summed E-state index contributed by atoms with van der Waals surface area (Å²) in [6, 6.07) is 17.5. The molecule has 1 saturated heterocycles. The Bertz CT molecular complexity index is 575. The molecule has 0 unspecified atom stereocenters. The maximum atomic E-state index is 5.85. The summed E-state index contributed by atoms with van der Waals surface area (Å²) in [5.41, 5.74) is 1.03. The van der Waals surface area contributed by atoms with Gasteiger partial charge in [0, 0.05) is 0 Å². The van der Waals surface area contributed by atoms with Gasteiger partial charge < -0.3 is 18.8 Å². The zero-order chi connectivity index (χ0) is 14.5. The fraction of sp³-hybridized carbons (Fsp3) is 0.250. The van der Waals surface area contributed by atoms with Crippen LogP contribution in [0.25, 0.3) is 0 Å². The number of methoxy groups -OCH3 is 1. The smallest absolute Gasteiger partial charge is 0.493 e. The van der Waals surface area contributed by atoms with Crippen molar-refractivity contribution >= 4 is 12.6 Å². The van der Waals surface area contributed by atoms with E-state index in [9.17, 15) is 0 Å². The van der Waals surface area contributed by atoms with E-state index >= 15 is 0 Å². The highest BCUT2D eigenvalue weighted by molar-refractivity contribution is 6.61. The van der Waals surface area contributed by atoms with Crippen molar-refractivity contribution in [2.45, 2.75) is 6.10 Å². The molecule has 1 heterocycles. The molecule has 0 amide bonds. The molecular weight excluding hydrogens is 267 g/mol. The second-order valence-electron chi connectivity index (χ2n) is 4.80. The predicted octanol–water partition coefficient (Wildman–Crippen LogP) is 1.88. The fourth-order valence-electron chi connectivity index (χ4n) is 2.24. The van der Waals surface area contributed by atoms with Gasteiger partial charge in [-0.2, -0.15) is 0 Å². The third-order valence-corrected chi connectivity index (χ3v) is 3.32. The maximum absolute atomic E-state index is 5.85. The zero-order valence-corrected chi connectivity index (χ0v) is 11.9. The van der Waals surface area contributed by atoms with Crippen LogP contribution in [-0.4, -0.2) is 33.5 Å². The van der Waals surface area contributed by atoms with Crippen molar-refractivity contribution in [3.05, 3.63) is 54.6 Å². The Morgan fingerprint density at radius 3 is 2.52 bits per heavy atom. The van der Waals surface area contributed by atoms with Crippen LogP contribution in [0, 0.1) is 0 Å². The summed E-state index contributed by atoms with van der Waals surface area (Å²) < 4.78 is 22.5. The van der Waals surface area contributed by atoms with Crippen LogP contribution in [0.3, 0.4) is 0 Å². The van der Waals surface area contributed by atoms with Crippen LogP contribution in [0.5, 0.6) is 11.5 Å². The Morgan fingerprint density at radius 2 is 1.76 bits per heavy atom. The average Bonchev–Trinajstić information content (AvgIpc) is 3.03. The molecule has 1 aliphatic rings. The standard InChI is InChI=1S/C16H17BO4/c1-18-15-9-5-6-10-16(15)19-11-14-12-20-17(21-14)13-7-3-2-4-8-13/h2-10,14H,11-12H2,1H3/t14-/m1/s1. The summed E-state index contributed by atoms with van der Waals surface area (Å²) in [5.74, 6) is 1.43. The molecule has 1 atom stereocenters. The molecular formula is C16H17BO4. The molecule has 1 aliphatic heterocycles. The number of rotatable bonds is 5. The SMILES string of the molecule is COc1ccccc1OC[C@@H]1COB(c2ccccc2)O1. The monoisotopic (exact) mass is 284 g/mol. The molecule has 21 heavy (non-hydrogen) atoms. The lowest BCUT2D eigenvalue weighted by molar-refractivity contribution is 0.145. The van der Waals surface area contributed by atoms with E-state index in [0.717, 1.165) is 11.2 Å². The molecule has 2 aromatic rings. The zero-order valence-electron chi connectivity index (χ0n) is 11.9. The van der Waals surface area contributed by atoms with Crippen LogP contribution in [0.4, 0.5) is 0 Å². The maximum Gasteiger partial charge on any atom is 0.494 e. The van der Waals surface area contributed by atoms with Crippen molar-refractivity contribution in [1.82, 2.24) is 0 Å². The van der Waals surface area contributed by atoms with Crippen LogP contribution in [0.1, 0.15) is 0 Å². The van der Waals surface area contributed by atoms with E-state index in [2.05, 4.69) is 0 Å². The minimum atomic E-state index is -0.308. The summed E-state index contributed by atoms with van der Waals surface area (Å²) in [7, 11) is 1.32. The van der Waals surface area contributed by atoms with Gasteiger partial charge >= 0.3 is 7.12 Å². The molecule has 0 N–H and O–H groups in total. The van der Waals surface area contributed by atoms with Crippen molar-refractivity contribution in [2.75, 3.05) is 20.3 Å². The van der Waals surface area contributed by atoms with E-state index in [-0.39, 0.29) is 13.2 Å². The van der Waals surface area contributed by atoms with Crippen molar-refractivity contribution in [3.8, 4) is 11.5 Å². The Kier molecular flexibility index (Phi) is 4.43. The quantitative estimate of drug-likeness (QED) is 0.786. The highest BCUT2D eigenvalue weighted by Crippen LogP contribution is 2.26. The molecule has 0 aromatic heterocycles. The molecule has 108 valence electrons. The van der Waals surface area contributed by atoms with Crippen LogP contribution in [0.2, 0.25) is 0 Å². The molecule has 0 spiro atoms. The molecule has 0 saturated carbocycles.